The standard InChI is InChI=1S/C10H11Cl2NO/c11-8-3-9(12)13-5-7(8)4-10(6-14)1-2-10/h3,5,14H,1-2,4,6H2. The van der Waals surface area contributed by atoms with E-state index in [0.717, 1.165) is 24.8 Å². The normalized spacial score (nSPS) is 18.2. The molecule has 1 saturated carbocycles. The predicted octanol–water partition coefficient (Wildman–Crippen LogP) is 2.70. The molecular formula is C10H11Cl2NO. The average molecular weight is 232 g/mol. The summed E-state index contributed by atoms with van der Waals surface area (Å²) in [6.07, 6.45) is 4.64. The van der Waals surface area contributed by atoms with Crippen molar-refractivity contribution >= 4 is 23.2 Å². The van der Waals surface area contributed by atoms with Crippen molar-refractivity contribution in [3.63, 3.8) is 0 Å². The quantitative estimate of drug-likeness (QED) is 0.812. The Balaban J connectivity index is 2.17. The molecule has 0 unspecified atom stereocenters. The van der Waals surface area contributed by atoms with Gasteiger partial charge in [0.2, 0.25) is 0 Å². The molecule has 0 amide bonds. The second kappa shape index (κ2) is 3.69. The van der Waals surface area contributed by atoms with Crippen molar-refractivity contribution in [1.29, 1.82) is 0 Å². The topological polar surface area (TPSA) is 33.1 Å². The molecule has 76 valence electrons. The molecule has 4 heteroatoms. The highest BCUT2D eigenvalue weighted by Crippen LogP contribution is 2.48. The lowest BCUT2D eigenvalue weighted by Gasteiger charge is -2.12. The zero-order valence-electron chi connectivity index (χ0n) is 7.63. The van der Waals surface area contributed by atoms with E-state index < -0.39 is 0 Å². The maximum atomic E-state index is 9.17. The number of aliphatic hydroxyl groups is 1. The van der Waals surface area contributed by atoms with E-state index in [1.807, 2.05) is 0 Å². The van der Waals surface area contributed by atoms with Crippen molar-refractivity contribution in [3.8, 4) is 0 Å². The van der Waals surface area contributed by atoms with Crippen LogP contribution in [0.4, 0.5) is 0 Å². The molecule has 1 aliphatic rings. The molecular weight excluding hydrogens is 221 g/mol. The summed E-state index contributed by atoms with van der Waals surface area (Å²) in [5.41, 5.74) is 1.04. The van der Waals surface area contributed by atoms with Gasteiger partial charge in [-0.1, -0.05) is 23.2 Å². The summed E-state index contributed by atoms with van der Waals surface area (Å²) in [5.74, 6) is 0. The van der Waals surface area contributed by atoms with Gasteiger partial charge >= 0.3 is 0 Å². The van der Waals surface area contributed by atoms with E-state index in [1.54, 1.807) is 12.3 Å². The molecule has 0 atom stereocenters. The first kappa shape index (κ1) is 10.2. The van der Waals surface area contributed by atoms with E-state index in [4.69, 9.17) is 23.2 Å². The summed E-state index contributed by atoms with van der Waals surface area (Å²) >= 11 is 11.7. The average Bonchev–Trinajstić information content (AvgIpc) is 2.91. The van der Waals surface area contributed by atoms with Gasteiger partial charge in [-0.25, -0.2) is 4.98 Å². The first-order valence-corrected chi connectivity index (χ1v) is 5.32. The summed E-state index contributed by atoms with van der Waals surface area (Å²) in [7, 11) is 0. The molecule has 1 aromatic heterocycles. The van der Waals surface area contributed by atoms with Crippen molar-refractivity contribution in [2.24, 2.45) is 5.41 Å². The lowest BCUT2D eigenvalue weighted by atomic mass is 9.99. The fraction of sp³-hybridized carbons (Fsp3) is 0.500. The van der Waals surface area contributed by atoms with Crippen molar-refractivity contribution < 1.29 is 5.11 Å². The summed E-state index contributed by atoms with van der Waals surface area (Å²) in [4.78, 5) is 3.99. The molecule has 1 N–H and O–H groups in total. The van der Waals surface area contributed by atoms with E-state index in [1.165, 1.54) is 0 Å². The number of hydrogen-bond donors (Lipinski definition) is 1. The van der Waals surface area contributed by atoms with Crippen LogP contribution in [-0.2, 0) is 6.42 Å². The fourth-order valence-electron chi connectivity index (χ4n) is 1.54. The Labute approximate surface area is 92.9 Å². The Morgan fingerprint density at radius 3 is 2.64 bits per heavy atom. The molecule has 0 spiro atoms. The van der Waals surface area contributed by atoms with Crippen LogP contribution in [0.5, 0.6) is 0 Å². The highest BCUT2D eigenvalue weighted by Gasteiger charge is 2.42. The van der Waals surface area contributed by atoms with E-state index >= 15 is 0 Å². The van der Waals surface area contributed by atoms with Crippen LogP contribution in [0.2, 0.25) is 10.2 Å². The van der Waals surface area contributed by atoms with Crippen LogP contribution >= 0.6 is 23.2 Å². The second-order valence-electron chi connectivity index (χ2n) is 3.93. The van der Waals surface area contributed by atoms with Crippen LogP contribution in [0.25, 0.3) is 0 Å². The van der Waals surface area contributed by atoms with Gasteiger partial charge in [0.1, 0.15) is 5.15 Å². The molecule has 2 nitrogen and oxygen atoms in total. The first-order valence-electron chi connectivity index (χ1n) is 4.56. The van der Waals surface area contributed by atoms with Gasteiger partial charge in [-0.3, -0.25) is 0 Å². The zero-order valence-corrected chi connectivity index (χ0v) is 9.15. The lowest BCUT2D eigenvalue weighted by molar-refractivity contribution is 0.211. The van der Waals surface area contributed by atoms with Gasteiger partial charge in [0.15, 0.2) is 0 Å². The first-order chi connectivity index (χ1) is 6.65. The molecule has 1 fully saturated rings. The van der Waals surface area contributed by atoms with Gasteiger partial charge < -0.3 is 5.11 Å². The number of hydrogen-bond acceptors (Lipinski definition) is 2. The molecule has 1 heterocycles. The summed E-state index contributed by atoms with van der Waals surface area (Å²) < 4.78 is 0. The van der Waals surface area contributed by atoms with Gasteiger partial charge in [0.05, 0.1) is 0 Å². The molecule has 1 aliphatic carbocycles. The van der Waals surface area contributed by atoms with Gasteiger partial charge in [-0.15, -0.1) is 0 Å². The van der Waals surface area contributed by atoms with Crippen LogP contribution in [0.3, 0.4) is 0 Å². The number of halogens is 2. The predicted molar refractivity (Wildman–Crippen MR) is 56.7 cm³/mol. The molecule has 0 saturated heterocycles. The Kier molecular flexibility index (Phi) is 2.69. The smallest absolute Gasteiger partial charge is 0.130 e. The minimum atomic E-state index is 0.0686. The summed E-state index contributed by atoms with van der Waals surface area (Å²) in [6, 6.07) is 1.64. The number of pyridine rings is 1. The molecule has 0 aliphatic heterocycles. The van der Waals surface area contributed by atoms with Crippen molar-refractivity contribution in [1.82, 2.24) is 4.98 Å². The third kappa shape index (κ3) is 2.02. The SMILES string of the molecule is OCC1(Cc2cnc(Cl)cc2Cl)CC1. The number of rotatable bonds is 3. The zero-order chi connectivity index (χ0) is 10.2. The number of aromatic nitrogens is 1. The van der Waals surface area contributed by atoms with E-state index in [9.17, 15) is 5.11 Å². The Morgan fingerprint density at radius 1 is 1.43 bits per heavy atom. The summed E-state index contributed by atoms with van der Waals surface area (Å²) in [5, 5.41) is 10.2. The maximum absolute atomic E-state index is 9.17. The lowest BCUT2D eigenvalue weighted by Crippen LogP contribution is -2.10. The molecule has 2 rings (SSSR count). The van der Waals surface area contributed by atoms with Crippen molar-refractivity contribution in [2.75, 3.05) is 6.61 Å². The van der Waals surface area contributed by atoms with Crippen LogP contribution < -0.4 is 0 Å². The third-order valence-electron chi connectivity index (χ3n) is 2.75. The Bertz CT molecular complexity index is 350. The number of aliphatic hydroxyl groups excluding tert-OH is 1. The molecule has 14 heavy (non-hydrogen) atoms. The van der Waals surface area contributed by atoms with Gasteiger partial charge in [-0.05, 0) is 36.3 Å². The van der Waals surface area contributed by atoms with Gasteiger partial charge in [0, 0.05) is 17.8 Å². The van der Waals surface area contributed by atoms with E-state index in [-0.39, 0.29) is 12.0 Å². The Morgan fingerprint density at radius 2 is 2.14 bits per heavy atom. The van der Waals surface area contributed by atoms with Crippen molar-refractivity contribution in [2.45, 2.75) is 19.3 Å². The van der Waals surface area contributed by atoms with E-state index in [0.29, 0.717) is 10.2 Å². The van der Waals surface area contributed by atoms with E-state index in [2.05, 4.69) is 4.98 Å². The van der Waals surface area contributed by atoms with Gasteiger partial charge in [-0.2, -0.15) is 0 Å². The fourth-order valence-corrected chi connectivity index (χ4v) is 1.97. The second-order valence-corrected chi connectivity index (χ2v) is 4.73. The van der Waals surface area contributed by atoms with Crippen LogP contribution in [-0.4, -0.2) is 16.7 Å². The Hall–Kier alpha value is -0.310. The largest absolute Gasteiger partial charge is 0.396 e. The van der Waals surface area contributed by atoms with Gasteiger partial charge in [0.25, 0.3) is 0 Å². The minimum absolute atomic E-state index is 0.0686. The molecule has 0 bridgehead atoms. The minimum Gasteiger partial charge on any atom is -0.396 e. The third-order valence-corrected chi connectivity index (χ3v) is 3.31. The van der Waals surface area contributed by atoms with Crippen LogP contribution in [0.15, 0.2) is 12.3 Å². The maximum Gasteiger partial charge on any atom is 0.130 e. The number of nitrogens with zero attached hydrogens (tertiary/aromatic N) is 1. The molecule has 1 aromatic rings. The molecule has 0 aromatic carbocycles. The van der Waals surface area contributed by atoms with Crippen LogP contribution in [0.1, 0.15) is 18.4 Å². The van der Waals surface area contributed by atoms with Crippen LogP contribution in [0, 0.1) is 5.41 Å². The monoisotopic (exact) mass is 231 g/mol. The van der Waals surface area contributed by atoms with Crippen molar-refractivity contribution in [3.05, 3.63) is 28.0 Å². The highest BCUT2D eigenvalue weighted by molar-refractivity contribution is 6.34. The highest BCUT2D eigenvalue weighted by atomic mass is 35.5. The molecule has 0 radical (unpaired) electrons. The summed E-state index contributed by atoms with van der Waals surface area (Å²) in [6.45, 7) is 0.228.